The molecule has 1 unspecified atom stereocenters. The molecule has 1 atom stereocenters. The fourth-order valence-electron chi connectivity index (χ4n) is 1.31. The van der Waals surface area contributed by atoms with Crippen LogP contribution in [0, 0.1) is 5.92 Å². The Morgan fingerprint density at radius 3 is 2.71 bits per heavy atom. The van der Waals surface area contributed by atoms with Crippen LogP contribution in [0.5, 0.6) is 0 Å². The molecule has 1 aromatic heterocycles. The van der Waals surface area contributed by atoms with Crippen molar-refractivity contribution in [2.75, 3.05) is 0 Å². The van der Waals surface area contributed by atoms with E-state index in [0.29, 0.717) is 23.1 Å². The van der Waals surface area contributed by atoms with E-state index >= 15 is 0 Å². The van der Waals surface area contributed by atoms with Crippen LogP contribution in [0.15, 0.2) is 6.20 Å². The number of thiazole rings is 1. The summed E-state index contributed by atoms with van der Waals surface area (Å²) in [6.45, 7) is 7.12. The van der Waals surface area contributed by atoms with Gasteiger partial charge in [-0.15, -0.1) is 11.3 Å². The van der Waals surface area contributed by atoms with Gasteiger partial charge in [0.05, 0.1) is 17.6 Å². The first-order valence-electron chi connectivity index (χ1n) is 4.79. The summed E-state index contributed by atoms with van der Waals surface area (Å²) in [5.74, 6) is 0.676. The van der Waals surface area contributed by atoms with Crippen LogP contribution in [0.4, 0.5) is 0 Å². The second-order valence-corrected chi connectivity index (χ2v) is 5.53. The standard InChI is InChI=1S/C10H16ClNOS/c1-7(2)4-8(3)13-6-9-5-12-10(11)14-9/h5,7-8H,4,6H2,1-3H3. The van der Waals surface area contributed by atoms with E-state index in [1.165, 1.54) is 11.3 Å². The summed E-state index contributed by atoms with van der Waals surface area (Å²) in [4.78, 5) is 5.05. The molecule has 0 saturated heterocycles. The highest BCUT2D eigenvalue weighted by atomic mass is 35.5. The second-order valence-electron chi connectivity index (χ2n) is 3.83. The molecule has 0 radical (unpaired) electrons. The molecule has 0 bridgehead atoms. The van der Waals surface area contributed by atoms with Gasteiger partial charge in [-0.05, 0) is 19.3 Å². The van der Waals surface area contributed by atoms with Crippen molar-refractivity contribution in [1.29, 1.82) is 0 Å². The zero-order valence-electron chi connectivity index (χ0n) is 8.79. The minimum atomic E-state index is 0.302. The van der Waals surface area contributed by atoms with Crippen molar-refractivity contribution in [2.45, 2.75) is 39.9 Å². The van der Waals surface area contributed by atoms with Crippen molar-refractivity contribution in [2.24, 2.45) is 5.92 Å². The third-order valence-corrected chi connectivity index (χ3v) is 2.93. The van der Waals surface area contributed by atoms with Gasteiger partial charge in [0, 0.05) is 6.20 Å². The molecule has 0 aliphatic rings. The average molecular weight is 234 g/mol. The predicted octanol–water partition coefficient (Wildman–Crippen LogP) is 3.75. The molecule has 0 fully saturated rings. The van der Waals surface area contributed by atoms with Gasteiger partial charge >= 0.3 is 0 Å². The maximum Gasteiger partial charge on any atom is 0.183 e. The number of ether oxygens (including phenoxy) is 1. The Labute approximate surface area is 94.3 Å². The molecule has 1 rings (SSSR count). The predicted molar refractivity (Wildman–Crippen MR) is 60.8 cm³/mol. The zero-order valence-corrected chi connectivity index (χ0v) is 10.4. The van der Waals surface area contributed by atoms with Crippen molar-refractivity contribution < 1.29 is 4.74 Å². The third kappa shape index (κ3) is 4.40. The lowest BCUT2D eigenvalue weighted by Crippen LogP contribution is -2.10. The van der Waals surface area contributed by atoms with Gasteiger partial charge in [-0.2, -0.15) is 0 Å². The van der Waals surface area contributed by atoms with Crippen LogP contribution in [0.1, 0.15) is 32.1 Å². The van der Waals surface area contributed by atoms with E-state index in [-0.39, 0.29) is 0 Å². The zero-order chi connectivity index (χ0) is 10.6. The number of nitrogens with zero attached hydrogens (tertiary/aromatic N) is 1. The highest BCUT2D eigenvalue weighted by molar-refractivity contribution is 7.15. The first kappa shape index (κ1) is 12.0. The van der Waals surface area contributed by atoms with E-state index in [0.717, 1.165) is 11.3 Å². The molecule has 2 nitrogen and oxygen atoms in total. The van der Waals surface area contributed by atoms with Gasteiger partial charge in [-0.1, -0.05) is 25.4 Å². The van der Waals surface area contributed by atoms with Crippen LogP contribution >= 0.6 is 22.9 Å². The molecular formula is C10H16ClNOS. The minimum Gasteiger partial charge on any atom is -0.373 e. The molecule has 80 valence electrons. The molecule has 1 heterocycles. The van der Waals surface area contributed by atoms with E-state index in [9.17, 15) is 0 Å². The van der Waals surface area contributed by atoms with Crippen molar-refractivity contribution >= 4 is 22.9 Å². The largest absolute Gasteiger partial charge is 0.373 e. The Morgan fingerprint density at radius 2 is 2.21 bits per heavy atom. The van der Waals surface area contributed by atoms with Gasteiger partial charge in [0.15, 0.2) is 4.47 Å². The van der Waals surface area contributed by atoms with E-state index in [1.54, 1.807) is 6.20 Å². The summed E-state index contributed by atoms with van der Waals surface area (Å²) in [6, 6.07) is 0. The van der Waals surface area contributed by atoms with Crippen molar-refractivity contribution in [3.63, 3.8) is 0 Å². The fourth-order valence-corrected chi connectivity index (χ4v) is 2.21. The maximum absolute atomic E-state index is 5.71. The first-order chi connectivity index (χ1) is 6.58. The lowest BCUT2D eigenvalue weighted by molar-refractivity contribution is 0.0411. The Balaban J connectivity index is 2.26. The molecule has 0 saturated carbocycles. The van der Waals surface area contributed by atoms with Crippen molar-refractivity contribution in [1.82, 2.24) is 4.98 Å². The summed E-state index contributed by atoms with van der Waals surface area (Å²) in [6.07, 6.45) is 3.16. The maximum atomic E-state index is 5.71. The molecule has 4 heteroatoms. The molecular weight excluding hydrogens is 218 g/mol. The normalized spacial score (nSPS) is 13.5. The third-order valence-electron chi connectivity index (χ3n) is 1.84. The van der Waals surface area contributed by atoms with Gasteiger partial charge in [0.25, 0.3) is 0 Å². The molecule has 0 aliphatic carbocycles. The quantitative estimate of drug-likeness (QED) is 0.773. The van der Waals surface area contributed by atoms with Crippen LogP contribution in [0.3, 0.4) is 0 Å². The van der Waals surface area contributed by atoms with Gasteiger partial charge < -0.3 is 4.74 Å². The average Bonchev–Trinajstić information content (AvgIpc) is 2.47. The van der Waals surface area contributed by atoms with Gasteiger partial charge in [-0.3, -0.25) is 0 Å². The number of aromatic nitrogens is 1. The minimum absolute atomic E-state index is 0.302. The molecule has 0 spiro atoms. The highest BCUT2D eigenvalue weighted by Gasteiger charge is 2.06. The van der Waals surface area contributed by atoms with Crippen molar-refractivity contribution in [3.8, 4) is 0 Å². The smallest absolute Gasteiger partial charge is 0.183 e. The van der Waals surface area contributed by atoms with E-state index in [4.69, 9.17) is 16.3 Å². The first-order valence-corrected chi connectivity index (χ1v) is 5.99. The summed E-state index contributed by atoms with van der Waals surface area (Å²) in [7, 11) is 0. The molecule has 0 N–H and O–H groups in total. The molecule has 1 aromatic rings. The summed E-state index contributed by atoms with van der Waals surface area (Å²) in [5, 5.41) is 0. The van der Waals surface area contributed by atoms with Gasteiger partial charge in [0.2, 0.25) is 0 Å². The van der Waals surface area contributed by atoms with Crippen LogP contribution in [0.25, 0.3) is 0 Å². The molecule has 14 heavy (non-hydrogen) atoms. The van der Waals surface area contributed by atoms with E-state index in [2.05, 4.69) is 25.8 Å². The SMILES string of the molecule is CC(C)CC(C)OCc1cnc(Cl)s1. The Hall–Kier alpha value is -0.120. The summed E-state index contributed by atoms with van der Waals surface area (Å²) >= 11 is 7.19. The van der Waals surface area contributed by atoms with Crippen LogP contribution in [-0.2, 0) is 11.3 Å². The topological polar surface area (TPSA) is 22.1 Å². The van der Waals surface area contributed by atoms with Crippen molar-refractivity contribution in [3.05, 3.63) is 15.5 Å². The number of hydrogen-bond donors (Lipinski definition) is 0. The molecule has 0 aromatic carbocycles. The Kier molecular flexibility index (Phi) is 4.85. The van der Waals surface area contributed by atoms with E-state index in [1.807, 2.05) is 0 Å². The molecule has 0 amide bonds. The highest BCUT2D eigenvalue weighted by Crippen LogP contribution is 2.19. The van der Waals surface area contributed by atoms with Crippen LogP contribution < -0.4 is 0 Å². The second kappa shape index (κ2) is 5.69. The number of hydrogen-bond acceptors (Lipinski definition) is 3. The Morgan fingerprint density at radius 1 is 1.50 bits per heavy atom. The lowest BCUT2D eigenvalue weighted by Gasteiger charge is -2.14. The number of rotatable bonds is 5. The molecule has 0 aliphatic heterocycles. The van der Waals surface area contributed by atoms with Crippen LogP contribution in [0.2, 0.25) is 4.47 Å². The van der Waals surface area contributed by atoms with Crippen LogP contribution in [-0.4, -0.2) is 11.1 Å². The Bertz CT molecular complexity index is 275. The van der Waals surface area contributed by atoms with Gasteiger partial charge in [0.1, 0.15) is 0 Å². The fraction of sp³-hybridized carbons (Fsp3) is 0.700. The monoisotopic (exact) mass is 233 g/mol. The summed E-state index contributed by atoms with van der Waals surface area (Å²) < 4.78 is 6.25. The van der Waals surface area contributed by atoms with E-state index < -0.39 is 0 Å². The lowest BCUT2D eigenvalue weighted by atomic mass is 10.1. The number of halogens is 1. The van der Waals surface area contributed by atoms with Gasteiger partial charge in [-0.25, -0.2) is 4.98 Å². The summed E-state index contributed by atoms with van der Waals surface area (Å²) in [5.41, 5.74) is 0.